The van der Waals surface area contributed by atoms with E-state index in [1.807, 2.05) is 0 Å². The van der Waals surface area contributed by atoms with Crippen LogP contribution >= 0.6 is 8.19 Å². The largest absolute Gasteiger partial charge is 3.00 e. The maximum Gasteiger partial charge on any atom is 3.00 e. The third-order valence-electron chi connectivity index (χ3n) is 3.74. The Morgan fingerprint density at radius 1 is 1.18 bits per heavy atom. The Hall–Kier alpha value is -0.556. The number of halogens is 2. The molecule has 0 aliphatic heterocycles. The van der Waals surface area contributed by atoms with E-state index < -0.39 is 0 Å². The van der Waals surface area contributed by atoms with E-state index in [-0.39, 0.29) is 46.5 Å². The zero-order chi connectivity index (χ0) is 12.7. The molecular weight excluding hydrogens is 368 g/mol. The number of benzene rings is 1. The molecule has 1 atom stereocenters. The van der Waals surface area contributed by atoms with Gasteiger partial charge >= 0.3 is 21.7 Å². The van der Waals surface area contributed by atoms with Gasteiger partial charge in [-0.15, -0.1) is 6.42 Å². The van der Waals surface area contributed by atoms with Crippen molar-refractivity contribution in [2.75, 3.05) is 0 Å². The second-order valence-electron chi connectivity index (χ2n) is 4.84. The van der Waals surface area contributed by atoms with E-state index in [0.717, 1.165) is 6.42 Å². The van der Waals surface area contributed by atoms with Crippen LogP contribution in [0, 0.1) is 6.08 Å². The molecule has 0 spiro atoms. The minimum absolute atomic E-state index is 0. The predicted molar refractivity (Wildman–Crippen MR) is 80.8 cm³/mol. The minimum Gasteiger partial charge on any atom is -1.00 e. The summed E-state index contributed by atoms with van der Waals surface area (Å²) in [6, 6.07) is 8.68. The SMILES string of the molecule is [C-]1=C(C2C(n3ccpc3)=Cc3ccccc32)C=CC1.[Cl-].[Cl-].[Ti+3]. The molecule has 2 aliphatic carbocycles. The standard InChI is InChI=1S/C17H13NP.2ClH.Ti/c1-2-6-13(5-1)17-15-8-4-3-7-14(15)11-16(17)18-9-10-19-12-18;;;/h1,3-5,7-12,17H,2H2;2*1H;/q-1;;;+3/p-2. The maximum atomic E-state index is 3.49. The van der Waals surface area contributed by atoms with Gasteiger partial charge in [-0.05, 0) is 23.0 Å². The number of hydrogen-bond acceptors (Lipinski definition) is 0. The van der Waals surface area contributed by atoms with Crippen LogP contribution in [0.1, 0.15) is 23.5 Å². The Morgan fingerprint density at radius 3 is 2.68 bits per heavy atom. The summed E-state index contributed by atoms with van der Waals surface area (Å²) >= 11 is 0. The quantitative estimate of drug-likeness (QED) is 0.458. The molecule has 0 fully saturated rings. The van der Waals surface area contributed by atoms with Crippen LogP contribution in [0.15, 0.2) is 59.9 Å². The van der Waals surface area contributed by atoms with E-state index in [1.54, 1.807) is 0 Å². The van der Waals surface area contributed by atoms with Gasteiger partial charge in [0.1, 0.15) is 0 Å². The normalized spacial score (nSPS) is 17.9. The molecule has 0 N–H and O–H groups in total. The van der Waals surface area contributed by atoms with Crippen LogP contribution in [0.5, 0.6) is 0 Å². The zero-order valence-corrected chi connectivity index (χ0v) is 15.7. The fourth-order valence-corrected chi connectivity index (χ4v) is 3.54. The molecule has 1 heterocycles. The van der Waals surface area contributed by atoms with Crippen LogP contribution in [0.3, 0.4) is 0 Å². The molecule has 0 saturated carbocycles. The van der Waals surface area contributed by atoms with Crippen LogP contribution in [0.2, 0.25) is 0 Å². The third-order valence-corrected chi connectivity index (χ3v) is 4.43. The Morgan fingerprint density at radius 2 is 2.00 bits per heavy atom. The van der Waals surface area contributed by atoms with Gasteiger partial charge in [0.25, 0.3) is 0 Å². The van der Waals surface area contributed by atoms with Gasteiger partial charge in [-0.3, -0.25) is 6.08 Å². The zero-order valence-electron chi connectivity index (χ0n) is 11.7. The van der Waals surface area contributed by atoms with Gasteiger partial charge in [0, 0.05) is 23.7 Å². The Kier molecular flexibility index (Phi) is 7.39. The van der Waals surface area contributed by atoms with Gasteiger partial charge in [0.15, 0.2) is 0 Å². The molecule has 1 aromatic heterocycles. The van der Waals surface area contributed by atoms with Gasteiger partial charge in [-0.2, -0.15) is 6.08 Å². The first-order chi connectivity index (χ1) is 9.43. The molecule has 2 aromatic rings. The fraction of sp³-hybridized carbons (Fsp3) is 0.118. The van der Waals surface area contributed by atoms with Crippen LogP contribution < -0.4 is 24.8 Å². The summed E-state index contributed by atoms with van der Waals surface area (Å²) in [5.74, 6) is 4.72. The molecule has 0 saturated heterocycles. The number of fused-ring (bicyclic) bond motifs is 1. The van der Waals surface area contributed by atoms with Gasteiger partial charge in [0.05, 0.1) is 0 Å². The summed E-state index contributed by atoms with van der Waals surface area (Å²) in [7, 11) is 1.26. The number of allylic oxidation sites excluding steroid dienone is 5. The van der Waals surface area contributed by atoms with Crippen molar-refractivity contribution >= 4 is 20.0 Å². The first-order valence-corrected chi connectivity index (χ1v) is 7.53. The average molecular weight is 381 g/mol. The summed E-state index contributed by atoms with van der Waals surface area (Å²) < 4.78 is 2.26. The smallest absolute Gasteiger partial charge is 1.00 e. The number of rotatable bonds is 2. The van der Waals surface area contributed by atoms with Crippen molar-refractivity contribution in [1.29, 1.82) is 0 Å². The number of nitrogens with zero attached hydrogens (tertiary/aromatic N) is 1. The summed E-state index contributed by atoms with van der Waals surface area (Å²) in [5, 5.41) is 0. The average Bonchev–Trinajstić information content (AvgIpc) is 3.17. The summed E-state index contributed by atoms with van der Waals surface area (Å²) in [4.78, 5) is 0. The van der Waals surface area contributed by atoms with E-state index in [4.69, 9.17) is 0 Å². The van der Waals surface area contributed by atoms with Crippen molar-refractivity contribution in [3.63, 3.8) is 0 Å². The summed E-state index contributed by atoms with van der Waals surface area (Å²) in [6.45, 7) is 0. The van der Waals surface area contributed by atoms with E-state index in [1.165, 1.54) is 30.6 Å². The first-order valence-electron chi connectivity index (χ1n) is 6.49. The van der Waals surface area contributed by atoms with E-state index >= 15 is 0 Å². The van der Waals surface area contributed by atoms with Gasteiger partial charge in [-0.1, -0.05) is 32.5 Å². The Balaban J connectivity index is 0.000000807. The molecule has 1 aromatic carbocycles. The topological polar surface area (TPSA) is 4.93 Å². The van der Waals surface area contributed by atoms with Gasteiger partial charge < -0.3 is 29.4 Å². The van der Waals surface area contributed by atoms with Crippen molar-refractivity contribution in [2.24, 2.45) is 0 Å². The molecule has 0 bridgehead atoms. The molecule has 2 aliphatic rings. The third kappa shape index (κ3) is 3.35. The Labute approximate surface area is 160 Å². The molecular formula is C17H13Cl2NPTi. The van der Waals surface area contributed by atoms with Crippen molar-refractivity contribution in [2.45, 2.75) is 12.3 Å². The second kappa shape index (κ2) is 8.34. The maximum absolute atomic E-state index is 3.49. The van der Waals surface area contributed by atoms with E-state index in [0.29, 0.717) is 5.92 Å². The fourth-order valence-electron chi connectivity index (χ4n) is 2.89. The van der Waals surface area contributed by atoms with Crippen LogP contribution in [0.4, 0.5) is 0 Å². The monoisotopic (exact) mass is 380 g/mol. The number of aromatic nitrogens is 1. The molecule has 4 rings (SSSR count). The molecule has 109 valence electrons. The molecule has 0 amide bonds. The molecule has 1 unspecified atom stereocenters. The first kappa shape index (κ1) is 19.5. The van der Waals surface area contributed by atoms with Crippen molar-refractivity contribution in [1.82, 2.24) is 4.57 Å². The Bertz CT molecular complexity index is 720. The summed E-state index contributed by atoms with van der Waals surface area (Å²) in [6.07, 6.45) is 13.3. The summed E-state index contributed by atoms with van der Waals surface area (Å²) in [5.41, 5.74) is 5.39. The van der Waals surface area contributed by atoms with E-state index in [9.17, 15) is 0 Å². The van der Waals surface area contributed by atoms with Gasteiger partial charge in [0.2, 0.25) is 0 Å². The number of hydrogen-bond donors (Lipinski definition) is 0. The minimum atomic E-state index is 0. The van der Waals surface area contributed by atoms with Crippen LogP contribution in [0.25, 0.3) is 11.8 Å². The van der Waals surface area contributed by atoms with Crippen molar-refractivity contribution in [3.05, 3.63) is 77.1 Å². The second-order valence-corrected chi connectivity index (χ2v) is 5.67. The van der Waals surface area contributed by atoms with E-state index in [2.05, 4.69) is 71.1 Å². The van der Waals surface area contributed by atoms with Crippen molar-refractivity contribution < 1.29 is 46.5 Å². The van der Waals surface area contributed by atoms with Gasteiger partial charge in [-0.25, -0.2) is 11.6 Å². The molecule has 5 heteroatoms. The predicted octanol–water partition coefficient (Wildman–Crippen LogP) is -1.14. The molecule has 1 nitrogen and oxygen atoms in total. The molecule has 1 radical (unpaired) electrons. The van der Waals surface area contributed by atoms with Crippen LogP contribution in [-0.4, -0.2) is 4.57 Å². The van der Waals surface area contributed by atoms with Crippen molar-refractivity contribution in [3.8, 4) is 0 Å². The van der Waals surface area contributed by atoms with Crippen LogP contribution in [-0.2, 0) is 21.7 Å². The molecule has 22 heavy (non-hydrogen) atoms.